The van der Waals surface area contributed by atoms with Crippen LogP contribution in [0, 0.1) is 6.92 Å². The maximum absolute atomic E-state index is 15.7. The van der Waals surface area contributed by atoms with E-state index in [-0.39, 0.29) is 30.5 Å². The number of aryl methyl sites for hydroxylation is 1. The van der Waals surface area contributed by atoms with Gasteiger partial charge < -0.3 is 19.1 Å². The van der Waals surface area contributed by atoms with Crippen molar-refractivity contribution in [3.05, 3.63) is 77.1 Å². The van der Waals surface area contributed by atoms with Crippen LogP contribution < -0.4 is 4.74 Å². The van der Waals surface area contributed by atoms with Crippen LogP contribution in [0.2, 0.25) is 0 Å². The molecule has 0 spiro atoms. The number of methoxy groups -OCH3 is 1. The van der Waals surface area contributed by atoms with E-state index >= 15 is 4.39 Å². The third-order valence-electron chi connectivity index (χ3n) is 8.50. The third-order valence-corrected chi connectivity index (χ3v) is 8.50. The van der Waals surface area contributed by atoms with Crippen molar-refractivity contribution >= 4 is 17.0 Å². The van der Waals surface area contributed by atoms with Crippen molar-refractivity contribution in [1.29, 1.82) is 0 Å². The zero-order chi connectivity index (χ0) is 31.0. The molecule has 44 heavy (non-hydrogen) atoms. The summed E-state index contributed by atoms with van der Waals surface area (Å²) in [5.41, 5.74) is 4.16. The molecule has 3 heterocycles. The molecule has 2 atom stereocenters. The van der Waals surface area contributed by atoms with Gasteiger partial charge in [-0.2, -0.15) is 15.1 Å². The van der Waals surface area contributed by atoms with Crippen LogP contribution in [0.1, 0.15) is 74.3 Å². The Kier molecular flexibility index (Phi) is 8.28. The number of fused-ring (bicyclic) bond motifs is 1. The molecule has 1 saturated heterocycles. The SMILES string of the molecule is COc1nc(C2CC(OCc3ccccc3)C2)cc(-n2ncc3cc(C)c([C@@H]4CCN(C(=O)OC(C)(C)C)C[C@H]4F)cc32)n1. The Hall–Kier alpha value is -4.05. The first-order valence-corrected chi connectivity index (χ1v) is 15.3. The quantitative estimate of drug-likeness (QED) is 0.234. The molecule has 0 N–H and O–H groups in total. The number of likely N-dealkylation sites (tertiary alicyclic amines) is 1. The average Bonchev–Trinajstić information content (AvgIpc) is 3.38. The highest BCUT2D eigenvalue weighted by Gasteiger charge is 2.36. The Bertz CT molecular complexity index is 1630. The van der Waals surface area contributed by atoms with E-state index in [1.807, 2.05) is 64.1 Å². The van der Waals surface area contributed by atoms with E-state index in [1.165, 1.54) is 4.90 Å². The van der Waals surface area contributed by atoms with Crippen LogP contribution in [-0.4, -0.2) is 68.8 Å². The molecule has 0 radical (unpaired) electrons. The molecule has 2 aromatic heterocycles. The van der Waals surface area contributed by atoms with Crippen molar-refractivity contribution in [1.82, 2.24) is 24.6 Å². The standard InChI is InChI=1S/C34H40FN5O4/c1-21-13-24-18-36-40(30(24)16-27(21)26-11-12-39(19-28(26)35)33(41)44-34(2,3)4)31-17-29(37-32(38-31)42-5)23-14-25(15-23)43-20-22-9-7-6-8-10-22/h6-10,13,16-18,23,25-26,28H,11-12,14-15,19-20H2,1-5H3/t23?,25?,26-,28+/m0/s1. The number of aromatic nitrogens is 4. The summed E-state index contributed by atoms with van der Waals surface area (Å²) in [5.74, 6) is 0.482. The second-order valence-corrected chi connectivity index (χ2v) is 12.9. The first kappa shape index (κ1) is 30.0. The molecule has 0 bridgehead atoms. The molecule has 10 heteroatoms. The molecule has 1 saturated carbocycles. The zero-order valence-electron chi connectivity index (χ0n) is 26.0. The Morgan fingerprint density at radius 3 is 2.57 bits per heavy atom. The molecule has 2 aromatic carbocycles. The molecule has 1 amide bonds. The number of benzene rings is 2. The van der Waals surface area contributed by atoms with Gasteiger partial charge in [0.1, 0.15) is 11.8 Å². The van der Waals surface area contributed by atoms with Crippen molar-refractivity contribution in [2.45, 2.75) is 83.3 Å². The Morgan fingerprint density at radius 1 is 1.09 bits per heavy atom. The number of piperidine rings is 1. The highest BCUT2D eigenvalue weighted by atomic mass is 19.1. The number of carbonyl (C=O) groups excluding carboxylic acids is 1. The molecule has 2 aliphatic rings. The fourth-order valence-electron chi connectivity index (χ4n) is 6.10. The van der Waals surface area contributed by atoms with Gasteiger partial charge in [0, 0.05) is 29.8 Å². The number of amides is 1. The molecule has 6 rings (SSSR count). The lowest BCUT2D eigenvalue weighted by atomic mass is 9.80. The zero-order valence-corrected chi connectivity index (χ0v) is 26.0. The van der Waals surface area contributed by atoms with Gasteiger partial charge in [-0.3, -0.25) is 0 Å². The van der Waals surface area contributed by atoms with Crippen LogP contribution >= 0.6 is 0 Å². The molecular weight excluding hydrogens is 561 g/mol. The van der Waals surface area contributed by atoms with E-state index in [1.54, 1.807) is 18.0 Å². The predicted octanol–water partition coefficient (Wildman–Crippen LogP) is 6.66. The molecule has 1 aliphatic heterocycles. The van der Waals surface area contributed by atoms with E-state index in [2.05, 4.69) is 27.2 Å². The van der Waals surface area contributed by atoms with E-state index < -0.39 is 17.9 Å². The topological polar surface area (TPSA) is 91.6 Å². The first-order chi connectivity index (χ1) is 21.1. The number of hydrogen-bond acceptors (Lipinski definition) is 7. The summed E-state index contributed by atoms with van der Waals surface area (Å²) in [6.07, 6.45) is 2.53. The monoisotopic (exact) mass is 601 g/mol. The lowest BCUT2D eigenvalue weighted by molar-refractivity contribution is -0.0215. The number of halogens is 1. The molecule has 2 fully saturated rings. The van der Waals surface area contributed by atoms with Gasteiger partial charge in [0.25, 0.3) is 0 Å². The van der Waals surface area contributed by atoms with Crippen molar-refractivity contribution in [2.24, 2.45) is 0 Å². The van der Waals surface area contributed by atoms with Gasteiger partial charge in [-0.05, 0) is 75.8 Å². The van der Waals surface area contributed by atoms with Crippen molar-refractivity contribution in [3.8, 4) is 11.8 Å². The molecule has 0 unspecified atom stereocenters. The second kappa shape index (κ2) is 12.1. The summed E-state index contributed by atoms with van der Waals surface area (Å²) in [5, 5.41) is 5.60. The lowest BCUT2D eigenvalue weighted by Crippen LogP contribution is -2.46. The summed E-state index contributed by atoms with van der Waals surface area (Å²) < 4.78 is 34.5. The first-order valence-electron chi connectivity index (χ1n) is 15.3. The van der Waals surface area contributed by atoms with E-state index in [0.29, 0.717) is 25.4 Å². The number of alkyl halides is 1. The van der Waals surface area contributed by atoms with Crippen LogP contribution in [0.15, 0.2) is 54.7 Å². The van der Waals surface area contributed by atoms with Gasteiger partial charge in [0.05, 0.1) is 43.8 Å². The van der Waals surface area contributed by atoms with Crippen LogP contribution in [0.3, 0.4) is 0 Å². The van der Waals surface area contributed by atoms with Gasteiger partial charge in [-0.1, -0.05) is 30.3 Å². The largest absolute Gasteiger partial charge is 0.467 e. The van der Waals surface area contributed by atoms with Gasteiger partial charge in [-0.15, -0.1) is 0 Å². The number of ether oxygens (including phenoxy) is 3. The predicted molar refractivity (Wildman–Crippen MR) is 165 cm³/mol. The number of hydrogen-bond donors (Lipinski definition) is 0. The highest BCUT2D eigenvalue weighted by molar-refractivity contribution is 5.82. The minimum absolute atomic E-state index is 0.000232. The maximum atomic E-state index is 15.7. The average molecular weight is 602 g/mol. The van der Waals surface area contributed by atoms with Crippen molar-refractivity contribution in [3.63, 3.8) is 0 Å². The van der Waals surface area contributed by atoms with Gasteiger partial charge >= 0.3 is 12.1 Å². The summed E-state index contributed by atoms with van der Waals surface area (Å²) in [7, 11) is 1.56. The van der Waals surface area contributed by atoms with Crippen molar-refractivity contribution < 1.29 is 23.4 Å². The smallest absolute Gasteiger partial charge is 0.410 e. The highest BCUT2D eigenvalue weighted by Crippen LogP contribution is 2.40. The van der Waals surface area contributed by atoms with E-state index in [4.69, 9.17) is 14.2 Å². The number of rotatable bonds is 7. The second-order valence-electron chi connectivity index (χ2n) is 12.9. The van der Waals surface area contributed by atoms with Crippen LogP contribution in [0.4, 0.5) is 9.18 Å². The van der Waals surface area contributed by atoms with Crippen molar-refractivity contribution in [2.75, 3.05) is 20.2 Å². The maximum Gasteiger partial charge on any atom is 0.410 e. The molecular formula is C34H40FN5O4. The van der Waals surface area contributed by atoms with E-state index in [9.17, 15) is 4.79 Å². The van der Waals surface area contributed by atoms with Gasteiger partial charge in [0.15, 0.2) is 5.82 Å². The summed E-state index contributed by atoms with van der Waals surface area (Å²) in [6, 6.07) is 16.5. The summed E-state index contributed by atoms with van der Waals surface area (Å²) in [6.45, 7) is 8.46. The minimum atomic E-state index is -1.22. The Morgan fingerprint density at radius 2 is 1.86 bits per heavy atom. The summed E-state index contributed by atoms with van der Waals surface area (Å²) in [4.78, 5) is 23.3. The minimum Gasteiger partial charge on any atom is -0.467 e. The Labute approximate surface area is 257 Å². The fourth-order valence-corrected chi connectivity index (χ4v) is 6.10. The molecule has 4 aromatic rings. The van der Waals surface area contributed by atoms with Gasteiger partial charge in [0.2, 0.25) is 0 Å². The number of carbonyl (C=O) groups is 1. The Balaban J connectivity index is 1.20. The molecule has 9 nitrogen and oxygen atoms in total. The van der Waals surface area contributed by atoms with Crippen LogP contribution in [-0.2, 0) is 16.1 Å². The summed E-state index contributed by atoms with van der Waals surface area (Å²) >= 11 is 0. The van der Waals surface area contributed by atoms with Gasteiger partial charge in [-0.25, -0.2) is 13.9 Å². The normalized spacial score (nSPS) is 22.1. The van der Waals surface area contributed by atoms with Crippen LogP contribution in [0.25, 0.3) is 16.7 Å². The van der Waals surface area contributed by atoms with E-state index in [0.717, 1.165) is 46.1 Å². The third kappa shape index (κ3) is 6.40. The number of nitrogens with zero attached hydrogens (tertiary/aromatic N) is 5. The van der Waals surface area contributed by atoms with Crippen LogP contribution in [0.5, 0.6) is 6.01 Å². The fraction of sp³-hybridized carbons (Fsp3) is 0.471. The molecule has 232 valence electrons. The lowest BCUT2D eigenvalue weighted by Gasteiger charge is -2.36. The molecule has 1 aliphatic carbocycles.